The van der Waals surface area contributed by atoms with Crippen LogP contribution in [0.3, 0.4) is 0 Å². The van der Waals surface area contributed by atoms with Gasteiger partial charge in [0.25, 0.3) is 0 Å². The number of likely N-dealkylation sites (tertiary alicyclic amines) is 1. The van der Waals surface area contributed by atoms with E-state index in [-0.39, 0.29) is 11.3 Å². The molecule has 1 aliphatic rings. The molecule has 1 heterocycles. The van der Waals surface area contributed by atoms with Crippen molar-refractivity contribution in [3.63, 3.8) is 0 Å². The van der Waals surface area contributed by atoms with Crippen molar-refractivity contribution in [3.05, 3.63) is 0 Å². The highest BCUT2D eigenvalue weighted by Crippen LogP contribution is 2.24. The molecule has 118 valence electrons. The molecule has 3 heteroatoms. The van der Waals surface area contributed by atoms with E-state index < -0.39 is 0 Å². The third-order valence-electron chi connectivity index (χ3n) is 4.28. The Bertz CT molecular complexity index is 307. The second-order valence-corrected chi connectivity index (χ2v) is 7.71. The van der Waals surface area contributed by atoms with Crippen molar-refractivity contribution in [1.29, 1.82) is 0 Å². The summed E-state index contributed by atoms with van der Waals surface area (Å²) in [4.78, 5) is 14.7. The van der Waals surface area contributed by atoms with Gasteiger partial charge in [-0.3, -0.25) is 9.69 Å². The summed E-state index contributed by atoms with van der Waals surface area (Å²) < 4.78 is 0. The quantitative estimate of drug-likeness (QED) is 0.838. The van der Waals surface area contributed by atoms with Gasteiger partial charge in [0.1, 0.15) is 0 Å². The Morgan fingerprint density at radius 2 is 1.95 bits per heavy atom. The SMILES string of the molecule is CCCCC1CC(NC(=O)C(C)(C)C)CN(C(C)C)C1. The molecule has 1 fully saturated rings. The highest BCUT2D eigenvalue weighted by molar-refractivity contribution is 5.81. The summed E-state index contributed by atoms with van der Waals surface area (Å²) in [5, 5.41) is 3.27. The normalized spacial score (nSPS) is 24.9. The number of amides is 1. The van der Waals surface area contributed by atoms with E-state index >= 15 is 0 Å². The van der Waals surface area contributed by atoms with Crippen molar-refractivity contribution in [2.24, 2.45) is 11.3 Å². The van der Waals surface area contributed by atoms with Crippen molar-refractivity contribution >= 4 is 5.91 Å². The predicted octanol–water partition coefficient (Wildman–Crippen LogP) is 3.44. The Hall–Kier alpha value is -0.570. The maximum absolute atomic E-state index is 12.2. The molecule has 1 aliphatic heterocycles. The predicted molar refractivity (Wildman–Crippen MR) is 85.7 cm³/mol. The van der Waals surface area contributed by atoms with Crippen LogP contribution in [0.4, 0.5) is 0 Å². The zero-order chi connectivity index (χ0) is 15.3. The molecule has 20 heavy (non-hydrogen) atoms. The highest BCUT2D eigenvalue weighted by atomic mass is 16.2. The number of carbonyl (C=O) groups is 1. The number of carbonyl (C=O) groups excluding carboxylic acids is 1. The van der Waals surface area contributed by atoms with Crippen LogP contribution in [0.25, 0.3) is 0 Å². The summed E-state index contributed by atoms with van der Waals surface area (Å²) in [6.07, 6.45) is 5.00. The summed E-state index contributed by atoms with van der Waals surface area (Å²) >= 11 is 0. The second kappa shape index (κ2) is 7.44. The standard InChI is InChI=1S/C17H34N2O/c1-7-8-9-14-10-15(12-19(11-14)13(2)3)18-16(20)17(4,5)6/h13-15H,7-12H2,1-6H3,(H,18,20). The van der Waals surface area contributed by atoms with Crippen molar-refractivity contribution < 1.29 is 4.79 Å². The van der Waals surface area contributed by atoms with E-state index in [0.29, 0.717) is 12.1 Å². The maximum Gasteiger partial charge on any atom is 0.225 e. The van der Waals surface area contributed by atoms with Gasteiger partial charge >= 0.3 is 0 Å². The average molecular weight is 282 g/mol. The Balaban J connectivity index is 2.62. The zero-order valence-electron chi connectivity index (χ0n) is 14.3. The van der Waals surface area contributed by atoms with Gasteiger partial charge in [-0.1, -0.05) is 40.5 Å². The fourth-order valence-corrected chi connectivity index (χ4v) is 2.87. The molecule has 0 aliphatic carbocycles. The van der Waals surface area contributed by atoms with E-state index in [0.717, 1.165) is 18.9 Å². The molecular weight excluding hydrogens is 248 g/mol. The van der Waals surface area contributed by atoms with Gasteiger partial charge in [-0.05, 0) is 32.6 Å². The van der Waals surface area contributed by atoms with E-state index in [2.05, 4.69) is 31.0 Å². The van der Waals surface area contributed by atoms with Gasteiger partial charge in [-0.25, -0.2) is 0 Å². The topological polar surface area (TPSA) is 32.3 Å². The Morgan fingerprint density at radius 1 is 1.30 bits per heavy atom. The van der Waals surface area contributed by atoms with Gasteiger partial charge in [0.15, 0.2) is 0 Å². The van der Waals surface area contributed by atoms with Crippen LogP contribution in [0.1, 0.15) is 67.2 Å². The molecule has 1 rings (SSSR count). The summed E-state index contributed by atoms with van der Waals surface area (Å²) in [5.41, 5.74) is -0.293. The molecule has 0 spiro atoms. The highest BCUT2D eigenvalue weighted by Gasteiger charge is 2.31. The summed E-state index contributed by atoms with van der Waals surface area (Å²) in [5.74, 6) is 0.915. The molecule has 0 saturated carbocycles. The molecule has 1 amide bonds. The average Bonchev–Trinajstić information content (AvgIpc) is 2.34. The van der Waals surface area contributed by atoms with Gasteiger partial charge in [0.05, 0.1) is 0 Å². The smallest absolute Gasteiger partial charge is 0.225 e. The molecule has 2 unspecified atom stereocenters. The molecule has 0 bridgehead atoms. The van der Waals surface area contributed by atoms with Crippen LogP contribution < -0.4 is 5.32 Å². The van der Waals surface area contributed by atoms with Crippen molar-refractivity contribution in [2.75, 3.05) is 13.1 Å². The third kappa shape index (κ3) is 5.43. The molecular formula is C17H34N2O. The fourth-order valence-electron chi connectivity index (χ4n) is 2.87. The number of hydrogen-bond donors (Lipinski definition) is 1. The number of piperidine rings is 1. The molecule has 0 aromatic heterocycles. The molecule has 0 radical (unpaired) electrons. The largest absolute Gasteiger partial charge is 0.352 e. The Morgan fingerprint density at radius 3 is 2.45 bits per heavy atom. The van der Waals surface area contributed by atoms with Crippen LogP contribution in [0.15, 0.2) is 0 Å². The van der Waals surface area contributed by atoms with Crippen LogP contribution >= 0.6 is 0 Å². The van der Waals surface area contributed by atoms with E-state index in [4.69, 9.17) is 0 Å². The minimum absolute atomic E-state index is 0.183. The first-order valence-electron chi connectivity index (χ1n) is 8.29. The van der Waals surface area contributed by atoms with E-state index in [1.807, 2.05) is 20.8 Å². The number of hydrogen-bond acceptors (Lipinski definition) is 2. The summed E-state index contributed by atoms with van der Waals surface area (Å²) in [6, 6.07) is 0.883. The molecule has 2 atom stereocenters. The van der Waals surface area contributed by atoms with Gasteiger partial charge in [0, 0.05) is 30.6 Å². The van der Waals surface area contributed by atoms with Crippen LogP contribution in [0.2, 0.25) is 0 Å². The van der Waals surface area contributed by atoms with E-state index in [1.54, 1.807) is 0 Å². The van der Waals surface area contributed by atoms with Crippen LogP contribution in [-0.2, 0) is 4.79 Å². The molecule has 0 aromatic carbocycles. The van der Waals surface area contributed by atoms with Gasteiger partial charge in [0.2, 0.25) is 5.91 Å². The minimum Gasteiger partial charge on any atom is -0.352 e. The lowest BCUT2D eigenvalue weighted by Gasteiger charge is -2.41. The lowest BCUT2D eigenvalue weighted by atomic mass is 9.88. The van der Waals surface area contributed by atoms with Crippen LogP contribution in [0, 0.1) is 11.3 Å². The summed E-state index contributed by atoms with van der Waals surface area (Å²) in [7, 11) is 0. The first-order valence-corrected chi connectivity index (χ1v) is 8.29. The molecule has 3 nitrogen and oxygen atoms in total. The third-order valence-corrected chi connectivity index (χ3v) is 4.28. The Kier molecular flexibility index (Phi) is 6.50. The first-order chi connectivity index (χ1) is 9.24. The van der Waals surface area contributed by atoms with E-state index in [9.17, 15) is 4.79 Å². The number of nitrogens with zero attached hydrogens (tertiary/aromatic N) is 1. The van der Waals surface area contributed by atoms with Gasteiger partial charge in [-0.2, -0.15) is 0 Å². The maximum atomic E-state index is 12.2. The van der Waals surface area contributed by atoms with Gasteiger partial charge in [-0.15, -0.1) is 0 Å². The van der Waals surface area contributed by atoms with Crippen molar-refractivity contribution in [3.8, 4) is 0 Å². The van der Waals surface area contributed by atoms with E-state index in [1.165, 1.54) is 25.8 Å². The van der Waals surface area contributed by atoms with Crippen LogP contribution in [0.5, 0.6) is 0 Å². The summed E-state index contributed by atoms with van der Waals surface area (Å²) in [6.45, 7) is 14.9. The number of nitrogens with one attached hydrogen (secondary N) is 1. The van der Waals surface area contributed by atoms with Gasteiger partial charge < -0.3 is 5.32 Å². The van der Waals surface area contributed by atoms with Crippen molar-refractivity contribution in [1.82, 2.24) is 10.2 Å². The number of unbranched alkanes of at least 4 members (excludes halogenated alkanes) is 1. The first kappa shape index (κ1) is 17.5. The molecule has 1 saturated heterocycles. The monoisotopic (exact) mass is 282 g/mol. The lowest BCUT2D eigenvalue weighted by molar-refractivity contribution is -0.129. The zero-order valence-corrected chi connectivity index (χ0v) is 14.3. The minimum atomic E-state index is -0.293. The molecule has 0 aromatic rings. The fraction of sp³-hybridized carbons (Fsp3) is 0.941. The number of rotatable bonds is 5. The second-order valence-electron chi connectivity index (χ2n) is 7.71. The molecule has 1 N–H and O–H groups in total. The van der Waals surface area contributed by atoms with Crippen LogP contribution in [-0.4, -0.2) is 36.0 Å². The lowest BCUT2D eigenvalue weighted by Crippen LogP contribution is -2.54. The Labute approximate surface area is 125 Å². The van der Waals surface area contributed by atoms with Crippen molar-refractivity contribution in [2.45, 2.75) is 79.3 Å².